The Labute approximate surface area is 95.7 Å². The summed E-state index contributed by atoms with van der Waals surface area (Å²) in [6.45, 7) is 11.6. The Hall–Kier alpha value is -0.340. The highest BCUT2D eigenvalue weighted by atomic mass is 15.1. The average Bonchev–Trinajstić information content (AvgIpc) is 2.18. The van der Waals surface area contributed by atoms with Crippen LogP contribution in [-0.4, -0.2) is 37.6 Å². The second-order valence-electron chi connectivity index (χ2n) is 4.72. The average molecular weight is 212 g/mol. The van der Waals surface area contributed by atoms with Gasteiger partial charge in [-0.15, -0.1) is 6.58 Å². The summed E-state index contributed by atoms with van der Waals surface area (Å²) < 4.78 is 0. The van der Waals surface area contributed by atoms with E-state index in [1.165, 1.54) is 6.42 Å². The van der Waals surface area contributed by atoms with Crippen molar-refractivity contribution in [3.63, 3.8) is 0 Å². The number of likely N-dealkylation sites (N-methyl/N-ethyl adjacent to an activating group) is 1. The van der Waals surface area contributed by atoms with Crippen molar-refractivity contribution in [2.75, 3.05) is 20.6 Å². The van der Waals surface area contributed by atoms with Crippen LogP contribution in [-0.2, 0) is 0 Å². The molecule has 15 heavy (non-hydrogen) atoms. The maximum atomic E-state index is 3.79. The normalized spacial score (nSPS) is 17.5. The molecule has 0 spiro atoms. The predicted octanol–water partition coefficient (Wildman–Crippen LogP) is 2.52. The Morgan fingerprint density at radius 1 is 1.33 bits per heavy atom. The third-order valence-electron chi connectivity index (χ3n) is 3.27. The molecular weight excluding hydrogens is 184 g/mol. The van der Waals surface area contributed by atoms with Gasteiger partial charge in [0.25, 0.3) is 0 Å². The van der Waals surface area contributed by atoms with Crippen LogP contribution in [0.15, 0.2) is 12.7 Å². The van der Waals surface area contributed by atoms with E-state index in [0.717, 1.165) is 13.0 Å². The van der Waals surface area contributed by atoms with E-state index in [4.69, 9.17) is 0 Å². The zero-order valence-corrected chi connectivity index (χ0v) is 11.1. The van der Waals surface area contributed by atoms with Gasteiger partial charge in [-0.25, -0.2) is 0 Å². The molecule has 1 N–H and O–H groups in total. The molecule has 90 valence electrons. The Balaban J connectivity index is 3.86. The maximum absolute atomic E-state index is 3.79. The molecule has 0 aromatic rings. The van der Waals surface area contributed by atoms with Gasteiger partial charge < -0.3 is 10.2 Å². The number of rotatable bonds is 8. The van der Waals surface area contributed by atoms with E-state index in [1.807, 2.05) is 6.08 Å². The summed E-state index contributed by atoms with van der Waals surface area (Å²) in [4.78, 5) is 2.29. The zero-order chi connectivity index (χ0) is 11.8. The molecule has 0 saturated heterocycles. The van der Waals surface area contributed by atoms with E-state index >= 15 is 0 Å². The van der Waals surface area contributed by atoms with Gasteiger partial charge in [0.05, 0.1) is 0 Å². The third kappa shape index (κ3) is 5.95. The van der Waals surface area contributed by atoms with Crippen LogP contribution < -0.4 is 5.32 Å². The minimum Gasteiger partial charge on any atom is -0.312 e. The number of nitrogens with one attached hydrogen (secondary N) is 1. The van der Waals surface area contributed by atoms with E-state index in [2.05, 4.69) is 51.7 Å². The van der Waals surface area contributed by atoms with E-state index < -0.39 is 0 Å². The molecule has 0 amide bonds. The Bertz CT molecular complexity index is 166. The van der Waals surface area contributed by atoms with Crippen LogP contribution in [0.5, 0.6) is 0 Å². The fourth-order valence-corrected chi connectivity index (χ4v) is 1.68. The molecule has 0 aliphatic rings. The van der Waals surface area contributed by atoms with Crippen molar-refractivity contribution < 1.29 is 0 Å². The number of hydrogen-bond donors (Lipinski definition) is 1. The fraction of sp³-hybridized carbons (Fsp3) is 0.846. The van der Waals surface area contributed by atoms with Crippen LogP contribution in [0.25, 0.3) is 0 Å². The van der Waals surface area contributed by atoms with Gasteiger partial charge in [0.15, 0.2) is 0 Å². The lowest BCUT2D eigenvalue weighted by atomic mass is 9.99. The van der Waals surface area contributed by atoms with Gasteiger partial charge in [-0.05, 0) is 39.8 Å². The molecule has 0 aromatic heterocycles. The molecular formula is C13H28N2. The Morgan fingerprint density at radius 2 is 1.93 bits per heavy atom. The highest BCUT2D eigenvalue weighted by Gasteiger charge is 2.13. The van der Waals surface area contributed by atoms with Gasteiger partial charge in [0.1, 0.15) is 0 Å². The summed E-state index contributed by atoms with van der Waals surface area (Å²) in [5, 5.41) is 3.61. The van der Waals surface area contributed by atoms with Crippen LogP contribution in [0.3, 0.4) is 0 Å². The molecule has 3 atom stereocenters. The van der Waals surface area contributed by atoms with Crippen LogP contribution in [0.1, 0.15) is 33.6 Å². The van der Waals surface area contributed by atoms with Crippen molar-refractivity contribution in [2.24, 2.45) is 5.92 Å². The van der Waals surface area contributed by atoms with Crippen molar-refractivity contribution in [3.8, 4) is 0 Å². The summed E-state index contributed by atoms with van der Waals surface area (Å²) >= 11 is 0. The molecule has 0 saturated carbocycles. The minimum atomic E-state index is 0.567. The highest BCUT2D eigenvalue weighted by molar-refractivity contribution is 4.79. The molecule has 0 aliphatic carbocycles. The lowest BCUT2D eigenvalue weighted by molar-refractivity contribution is 0.259. The van der Waals surface area contributed by atoms with Crippen LogP contribution in [0.4, 0.5) is 0 Å². The first-order valence-corrected chi connectivity index (χ1v) is 6.03. The smallest absolute Gasteiger partial charge is 0.0212 e. The second-order valence-corrected chi connectivity index (χ2v) is 4.72. The molecule has 0 radical (unpaired) electrons. The molecule has 0 aliphatic heterocycles. The Kier molecular flexibility index (Phi) is 7.71. The van der Waals surface area contributed by atoms with Gasteiger partial charge >= 0.3 is 0 Å². The number of allylic oxidation sites excluding steroid dienone is 1. The van der Waals surface area contributed by atoms with Crippen molar-refractivity contribution in [2.45, 2.75) is 45.7 Å². The summed E-state index contributed by atoms with van der Waals surface area (Å²) in [5.74, 6) is 0.669. The first-order chi connectivity index (χ1) is 7.02. The third-order valence-corrected chi connectivity index (χ3v) is 3.27. The van der Waals surface area contributed by atoms with Gasteiger partial charge in [-0.3, -0.25) is 0 Å². The summed E-state index contributed by atoms with van der Waals surface area (Å²) in [6.07, 6.45) is 4.29. The van der Waals surface area contributed by atoms with Crippen molar-refractivity contribution >= 4 is 0 Å². The van der Waals surface area contributed by atoms with Gasteiger partial charge in [0.2, 0.25) is 0 Å². The van der Waals surface area contributed by atoms with Crippen molar-refractivity contribution in [1.82, 2.24) is 10.2 Å². The van der Waals surface area contributed by atoms with Gasteiger partial charge in [-0.2, -0.15) is 0 Å². The fourth-order valence-electron chi connectivity index (χ4n) is 1.68. The standard InChI is InChI=1S/C13H28N2/c1-7-9-11(3)12(4)14-10-13(8-2)15(5)6/h7,11-14H,1,8-10H2,2-6H3. The largest absolute Gasteiger partial charge is 0.312 e. The van der Waals surface area contributed by atoms with E-state index in [1.54, 1.807) is 0 Å². The second kappa shape index (κ2) is 7.89. The molecule has 2 nitrogen and oxygen atoms in total. The minimum absolute atomic E-state index is 0.567. The maximum Gasteiger partial charge on any atom is 0.0212 e. The van der Waals surface area contributed by atoms with Crippen LogP contribution in [0.2, 0.25) is 0 Å². The van der Waals surface area contributed by atoms with Crippen LogP contribution >= 0.6 is 0 Å². The molecule has 0 bridgehead atoms. The van der Waals surface area contributed by atoms with Crippen molar-refractivity contribution in [3.05, 3.63) is 12.7 Å². The summed E-state index contributed by atoms with van der Waals surface area (Å²) in [7, 11) is 4.29. The topological polar surface area (TPSA) is 15.3 Å². The molecule has 3 unspecified atom stereocenters. The Morgan fingerprint density at radius 3 is 2.33 bits per heavy atom. The highest BCUT2D eigenvalue weighted by Crippen LogP contribution is 2.08. The SMILES string of the molecule is C=CCC(C)C(C)NCC(CC)N(C)C. The monoisotopic (exact) mass is 212 g/mol. The molecule has 0 aromatic carbocycles. The first kappa shape index (κ1) is 14.7. The predicted molar refractivity (Wildman–Crippen MR) is 69.2 cm³/mol. The van der Waals surface area contributed by atoms with E-state index in [-0.39, 0.29) is 0 Å². The van der Waals surface area contributed by atoms with Crippen molar-refractivity contribution in [1.29, 1.82) is 0 Å². The lowest BCUT2D eigenvalue weighted by Gasteiger charge is -2.27. The number of nitrogens with zero attached hydrogens (tertiary/aromatic N) is 1. The lowest BCUT2D eigenvalue weighted by Crippen LogP contribution is -2.42. The summed E-state index contributed by atoms with van der Waals surface area (Å²) in [5.41, 5.74) is 0. The molecule has 0 heterocycles. The van der Waals surface area contributed by atoms with Crippen LogP contribution in [0, 0.1) is 5.92 Å². The molecule has 2 heteroatoms. The van der Waals surface area contributed by atoms with Gasteiger partial charge in [-0.1, -0.05) is 19.9 Å². The van der Waals surface area contributed by atoms with E-state index in [0.29, 0.717) is 18.0 Å². The molecule has 0 fully saturated rings. The van der Waals surface area contributed by atoms with E-state index in [9.17, 15) is 0 Å². The number of hydrogen-bond acceptors (Lipinski definition) is 2. The quantitative estimate of drug-likeness (QED) is 0.622. The van der Waals surface area contributed by atoms with Gasteiger partial charge in [0, 0.05) is 18.6 Å². The summed E-state index contributed by atoms with van der Waals surface area (Å²) in [6, 6.07) is 1.21. The first-order valence-electron chi connectivity index (χ1n) is 6.03. The molecule has 0 rings (SSSR count). The zero-order valence-electron chi connectivity index (χ0n) is 11.1.